The van der Waals surface area contributed by atoms with Crippen molar-refractivity contribution in [2.24, 2.45) is 0 Å². The second-order valence-corrected chi connectivity index (χ2v) is 11.9. The number of fused-ring (bicyclic) bond motifs is 10. The molecule has 0 N–H and O–H groups in total. The van der Waals surface area contributed by atoms with E-state index in [1.54, 1.807) is 0 Å². The van der Waals surface area contributed by atoms with Gasteiger partial charge in [0, 0.05) is 51.2 Å². The van der Waals surface area contributed by atoms with Gasteiger partial charge in [-0.2, -0.15) is 0 Å². The molecule has 6 nitrogen and oxygen atoms in total. The summed E-state index contributed by atoms with van der Waals surface area (Å²) < 4.78 is 4.80. The molecule has 0 saturated carbocycles. The first kappa shape index (κ1) is 26.5. The molecule has 48 heavy (non-hydrogen) atoms. The molecule has 4 aromatic carbocycles. The van der Waals surface area contributed by atoms with Crippen molar-refractivity contribution in [3.8, 4) is 34.2 Å². The zero-order valence-corrected chi connectivity index (χ0v) is 25.7. The second kappa shape index (κ2) is 10.4. The Morgan fingerprint density at radius 3 is 1.54 bits per heavy atom. The van der Waals surface area contributed by atoms with Gasteiger partial charge in [0.2, 0.25) is 0 Å². The van der Waals surface area contributed by atoms with Gasteiger partial charge in [0.15, 0.2) is 0 Å². The van der Waals surface area contributed by atoms with Gasteiger partial charge in [-0.05, 0) is 66.7 Å². The van der Waals surface area contributed by atoms with E-state index in [1.165, 1.54) is 10.8 Å². The van der Waals surface area contributed by atoms with Crippen molar-refractivity contribution in [1.82, 2.24) is 29.1 Å². The van der Waals surface area contributed by atoms with E-state index in [2.05, 4.69) is 106 Å². The first-order chi connectivity index (χ1) is 23.8. The van der Waals surface area contributed by atoms with Crippen molar-refractivity contribution >= 4 is 54.5 Å². The summed E-state index contributed by atoms with van der Waals surface area (Å²) in [6, 6.07) is 48.4. The minimum absolute atomic E-state index is 0.776. The Hall–Kier alpha value is -6.66. The molecule has 0 fully saturated rings. The SMILES string of the molecule is c1ccc(-n2c3ccccc3c3c4cccnc4c4c5ccccc5n(-c5cc(-c6ccccn6)nc(-c6ccccn6)c5)c4c32)cc1. The third-order valence-electron chi connectivity index (χ3n) is 9.22. The molecule has 0 aliphatic rings. The zero-order valence-electron chi connectivity index (χ0n) is 25.7. The largest absolute Gasteiger partial charge is 0.307 e. The highest BCUT2D eigenvalue weighted by Crippen LogP contribution is 2.46. The summed E-state index contributed by atoms with van der Waals surface area (Å²) in [5.74, 6) is 0. The molecule has 6 aromatic heterocycles. The third kappa shape index (κ3) is 3.86. The van der Waals surface area contributed by atoms with Crippen LogP contribution in [-0.2, 0) is 0 Å². The Kier molecular flexibility index (Phi) is 5.77. The van der Waals surface area contributed by atoms with Gasteiger partial charge in [-0.3, -0.25) is 15.0 Å². The maximum absolute atomic E-state index is 5.10. The first-order valence-corrected chi connectivity index (χ1v) is 16.0. The molecule has 0 atom stereocenters. The normalized spacial score (nSPS) is 11.8. The van der Waals surface area contributed by atoms with E-state index in [-0.39, 0.29) is 0 Å². The zero-order chi connectivity index (χ0) is 31.6. The molecule has 10 aromatic rings. The summed E-state index contributed by atoms with van der Waals surface area (Å²) in [5.41, 5.74) is 10.6. The van der Waals surface area contributed by atoms with Crippen LogP contribution in [0.25, 0.3) is 88.7 Å². The first-order valence-electron chi connectivity index (χ1n) is 16.0. The highest BCUT2D eigenvalue weighted by molar-refractivity contribution is 6.35. The van der Waals surface area contributed by atoms with Gasteiger partial charge in [0.25, 0.3) is 0 Å². The number of rotatable bonds is 4. The lowest BCUT2D eigenvalue weighted by molar-refractivity contribution is 1.13. The van der Waals surface area contributed by atoms with Crippen LogP contribution in [0.15, 0.2) is 158 Å². The molecule has 6 heterocycles. The number of nitrogens with zero attached hydrogens (tertiary/aromatic N) is 6. The van der Waals surface area contributed by atoms with Gasteiger partial charge in [0.05, 0.1) is 56.0 Å². The summed E-state index contributed by atoms with van der Waals surface area (Å²) in [6.07, 6.45) is 5.52. The Morgan fingerprint density at radius 1 is 0.375 bits per heavy atom. The molecule has 10 rings (SSSR count). The molecule has 0 aliphatic heterocycles. The monoisotopic (exact) mass is 614 g/mol. The quantitative estimate of drug-likeness (QED) is 0.198. The Labute approximate surface area is 275 Å². The smallest absolute Gasteiger partial charge is 0.0915 e. The number of pyridine rings is 4. The average Bonchev–Trinajstić information content (AvgIpc) is 3.70. The number of benzene rings is 4. The van der Waals surface area contributed by atoms with E-state index in [0.29, 0.717) is 0 Å². The van der Waals surface area contributed by atoms with Crippen molar-refractivity contribution in [2.45, 2.75) is 0 Å². The maximum Gasteiger partial charge on any atom is 0.0915 e. The molecule has 0 spiro atoms. The van der Waals surface area contributed by atoms with E-state index in [0.717, 1.165) is 77.9 Å². The van der Waals surface area contributed by atoms with E-state index >= 15 is 0 Å². The lowest BCUT2D eigenvalue weighted by Gasteiger charge is -2.15. The van der Waals surface area contributed by atoms with Gasteiger partial charge in [-0.1, -0.05) is 72.8 Å². The van der Waals surface area contributed by atoms with Crippen LogP contribution in [0.1, 0.15) is 0 Å². The van der Waals surface area contributed by atoms with Crippen LogP contribution in [0, 0.1) is 0 Å². The summed E-state index contributed by atoms with van der Waals surface area (Å²) in [4.78, 5) is 19.6. The predicted octanol–water partition coefficient (Wildman–Crippen LogP) is 9.95. The molecule has 0 saturated heterocycles. The summed E-state index contributed by atoms with van der Waals surface area (Å²) in [7, 11) is 0. The lowest BCUT2D eigenvalue weighted by atomic mass is 10.0. The van der Waals surface area contributed by atoms with Gasteiger partial charge in [0.1, 0.15) is 0 Å². The van der Waals surface area contributed by atoms with E-state index in [1.807, 2.05) is 61.1 Å². The Bertz CT molecular complexity index is 2760. The van der Waals surface area contributed by atoms with E-state index in [9.17, 15) is 0 Å². The lowest BCUT2D eigenvalue weighted by Crippen LogP contribution is -2.01. The topological polar surface area (TPSA) is 61.4 Å². The van der Waals surface area contributed by atoms with Crippen LogP contribution in [0.3, 0.4) is 0 Å². The molecule has 0 unspecified atom stereocenters. The van der Waals surface area contributed by atoms with Crippen LogP contribution in [0.2, 0.25) is 0 Å². The Morgan fingerprint density at radius 2 is 0.896 bits per heavy atom. The minimum atomic E-state index is 0.776. The maximum atomic E-state index is 5.10. The summed E-state index contributed by atoms with van der Waals surface area (Å²) in [6.45, 7) is 0. The predicted molar refractivity (Wildman–Crippen MR) is 195 cm³/mol. The second-order valence-electron chi connectivity index (χ2n) is 11.9. The Balaban J connectivity index is 1.47. The highest BCUT2D eigenvalue weighted by atomic mass is 15.1. The van der Waals surface area contributed by atoms with Crippen LogP contribution in [0.5, 0.6) is 0 Å². The van der Waals surface area contributed by atoms with Crippen molar-refractivity contribution in [3.63, 3.8) is 0 Å². The number of hydrogen-bond acceptors (Lipinski definition) is 4. The third-order valence-corrected chi connectivity index (χ3v) is 9.22. The van der Waals surface area contributed by atoms with Crippen LogP contribution < -0.4 is 0 Å². The van der Waals surface area contributed by atoms with E-state index in [4.69, 9.17) is 19.9 Å². The highest BCUT2D eigenvalue weighted by Gasteiger charge is 2.25. The van der Waals surface area contributed by atoms with Gasteiger partial charge in [-0.15, -0.1) is 0 Å². The molecule has 0 aliphatic carbocycles. The fraction of sp³-hybridized carbons (Fsp3) is 0. The fourth-order valence-corrected chi connectivity index (χ4v) is 7.30. The molecule has 0 bridgehead atoms. The summed E-state index contributed by atoms with van der Waals surface area (Å²) in [5, 5.41) is 5.75. The van der Waals surface area contributed by atoms with Gasteiger partial charge in [-0.25, -0.2) is 4.98 Å². The molecular formula is C42H26N6. The number of aromatic nitrogens is 6. The molecule has 224 valence electrons. The molecule has 6 heteroatoms. The fourth-order valence-electron chi connectivity index (χ4n) is 7.30. The molecule has 0 radical (unpaired) electrons. The van der Waals surface area contributed by atoms with Gasteiger partial charge >= 0.3 is 0 Å². The van der Waals surface area contributed by atoms with Gasteiger partial charge < -0.3 is 9.13 Å². The molecule has 0 amide bonds. The summed E-state index contributed by atoms with van der Waals surface area (Å²) >= 11 is 0. The average molecular weight is 615 g/mol. The standard InChI is InChI=1S/C42H26N6/c1-2-13-27(14-3-1)47-36-20-6-4-15-29(36)38-31-17-12-24-45-40(31)39-30-16-5-7-21-37(30)48(42(39)41(38)47)28-25-34(32-18-8-10-22-43-32)46-35(26-28)33-19-9-11-23-44-33/h1-26H. The molecular weight excluding hydrogens is 589 g/mol. The van der Waals surface area contributed by atoms with Crippen molar-refractivity contribution in [3.05, 3.63) is 158 Å². The van der Waals surface area contributed by atoms with E-state index < -0.39 is 0 Å². The van der Waals surface area contributed by atoms with Crippen molar-refractivity contribution in [1.29, 1.82) is 0 Å². The van der Waals surface area contributed by atoms with Crippen LogP contribution >= 0.6 is 0 Å². The van der Waals surface area contributed by atoms with Crippen LogP contribution in [0.4, 0.5) is 0 Å². The van der Waals surface area contributed by atoms with Crippen molar-refractivity contribution in [2.75, 3.05) is 0 Å². The minimum Gasteiger partial charge on any atom is -0.307 e. The van der Waals surface area contributed by atoms with Crippen LogP contribution in [-0.4, -0.2) is 29.1 Å². The number of para-hydroxylation sites is 3. The number of hydrogen-bond donors (Lipinski definition) is 0. The van der Waals surface area contributed by atoms with Crippen molar-refractivity contribution < 1.29 is 0 Å².